The summed E-state index contributed by atoms with van der Waals surface area (Å²) in [6, 6.07) is 33.8. The molecular formula is C79H100N14O13. The summed E-state index contributed by atoms with van der Waals surface area (Å²) < 4.78 is 17.1. The van der Waals surface area contributed by atoms with Crippen molar-refractivity contribution in [1.82, 2.24) is 71.5 Å². The van der Waals surface area contributed by atoms with Gasteiger partial charge in [0.05, 0.1) is 18.7 Å². The molecule has 6 N–H and O–H groups in total. The molecule has 2 aromatic heterocycles. The molecule has 4 aliphatic carbocycles. The number of nitrogens with zero attached hydrogens (tertiary/aromatic N) is 10. The van der Waals surface area contributed by atoms with Crippen molar-refractivity contribution in [2.24, 2.45) is 11.8 Å². The molecule has 10 atom stereocenters. The molecule has 0 spiro atoms. The molecular weight excluding hydrogens is 1350 g/mol. The zero-order chi connectivity index (χ0) is 73.1. The summed E-state index contributed by atoms with van der Waals surface area (Å²) in [6.07, 6.45) is 23.1. The Morgan fingerprint density at radius 3 is 1.37 bits per heavy atom. The van der Waals surface area contributed by atoms with Crippen LogP contribution in [-0.2, 0) is 55.8 Å². The van der Waals surface area contributed by atoms with Crippen LogP contribution in [0.25, 0.3) is 22.8 Å². The number of hydrogen-bond acceptors (Lipinski definition) is 18. The first-order valence-electron chi connectivity index (χ1n) is 37.5. The molecule has 6 aromatic rings. The van der Waals surface area contributed by atoms with E-state index in [0.717, 1.165) is 113 Å². The van der Waals surface area contributed by atoms with E-state index < -0.39 is 89.2 Å². The number of carbonyl (C=O) groups excluding carboxylic acids is 7. The normalized spacial score (nSPS) is 26.8. The van der Waals surface area contributed by atoms with Crippen LogP contribution >= 0.6 is 0 Å². The fraction of sp³-hybridized carbons (Fsp3) is 0.519. The number of aliphatic hydroxyl groups excluding tert-OH is 1. The average Bonchev–Trinajstić information content (AvgIpc) is 1.59. The van der Waals surface area contributed by atoms with Crippen LogP contribution in [0.3, 0.4) is 0 Å². The minimum Gasteiger partial charge on any atom is -0.479 e. The highest BCUT2D eigenvalue weighted by molar-refractivity contribution is 5.98. The molecule has 6 amide bonds. The summed E-state index contributed by atoms with van der Waals surface area (Å²) in [6.45, 7) is 0.638. The number of benzene rings is 4. The molecule has 564 valence electrons. The highest BCUT2D eigenvalue weighted by Gasteiger charge is 2.63. The standard InChI is InChI=1S/C39H47N7O6.C31H39N7O6.C8H10O.CH4/c47-35-33-24-30(46-43-34(42-44-46)28-16-8-5-9-17-28)26-45(33)36(48)32(40-38(50)52-31-19-12-13-20-31)21-11-3-1-2-10-18-29-25-39(29,41-35)37(49)51-23-22-27-14-6-4-7-15-27;39-27-25-17-22(38-35-26(34-36-38)20-11-5-4-6-12-20)19-37(25)28(40)24(32-30(43)44-23-14-9-10-15-23)16-8-3-1-2-7-13-21-18-31(21,33-27)29(41)42;9-7-6-8-4-2-1-3-5-8;/h4-10,14-18,29-33H,1-3,11-13,19-26H2,(H,40,50)(H,41,47);4-7,11-13,21-25H,1-3,8-10,14-19H2,(H,32,43)(H,33,39)(H,41,42);1-5,9H,6-7H2;1H4/b18-10-;13-7-;;/t29?,30-,32+,33+,39-;21?,22-,24+,25+,31-;;/m11../s1. The number of hydrogen-bond donors (Lipinski definition) is 6. The fourth-order valence-electron chi connectivity index (χ4n) is 15.1. The Morgan fingerprint density at radius 1 is 0.519 bits per heavy atom. The van der Waals surface area contributed by atoms with Crippen LogP contribution < -0.4 is 21.3 Å². The predicted octanol–water partition coefficient (Wildman–Crippen LogP) is 9.56. The Balaban J connectivity index is 0.000000189. The summed E-state index contributed by atoms with van der Waals surface area (Å²) in [7, 11) is 0. The number of aliphatic hydroxyl groups is 1. The van der Waals surface area contributed by atoms with Crippen molar-refractivity contribution in [3.63, 3.8) is 0 Å². The van der Waals surface area contributed by atoms with Crippen LogP contribution in [0.15, 0.2) is 146 Å². The van der Waals surface area contributed by atoms with Gasteiger partial charge in [0, 0.05) is 61.9 Å². The van der Waals surface area contributed by atoms with E-state index in [0.29, 0.717) is 50.2 Å². The van der Waals surface area contributed by atoms with E-state index in [-0.39, 0.29) is 82.9 Å². The van der Waals surface area contributed by atoms with Gasteiger partial charge in [0.15, 0.2) is 0 Å². The number of fused-ring (bicyclic) bond motifs is 4. The van der Waals surface area contributed by atoms with Gasteiger partial charge in [0.25, 0.3) is 0 Å². The third-order valence-corrected chi connectivity index (χ3v) is 21.3. The van der Waals surface area contributed by atoms with Gasteiger partial charge in [-0.2, -0.15) is 9.59 Å². The molecule has 6 heterocycles. The number of alkyl carbamates (subject to hydrolysis) is 2. The van der Waals surface area contributed by atoms with Gasteiger partial charge in [-0.3, -0.25) is 19.2 Å². The zero-order valence-electron chi connectivity index (χ0n) is 59.3. The van der Waals surface area contributed by atoms with E-state index in [9.17, 15) is 43.5 Å². The summed E-state index contributed by atoms with van der Waals surface area (Å²) in [5, 5.41) is 56.2. The van der Waals surface area contributed by atoms with Gasteiger partial charge >= 0.3 is 24.1 Å². The first-order valence-corrected chi connectivity index (χ1v) is 37.5. The number of esters is 1. The second-order valence-corrected chi connectivity index (χ2v) is 28.7. The molecule has 0 radical (unpaired) electrons. The number of aromatic nitrogens is 8. The highest BCUT2D eigenvalue weighted by Crippen LogP contribution is 2.48. The largest absolute Gasteiger partial charge is 0.479 e. The van der Waals surface area contributed by atoms with Crippen molar-refractivity contribution in [1.29, 1.82) is 0 Å². The summed E-state index contributed by atoms with van der Waals surface area (Å²) in [5.74, 6) is -3.09. The third kappa shape index (κ3) is 19.6. The number of allylic oxidation sites excluding steroid dienone is 2. The molecule has 2 unspecified atom stereocenters. The van der Waals surface area contributed by atoms with Crippen LogP contribution in [0, 0.1) is 11.8 Å². The lowest BCUT2D eigenvalue weighted by atomic mass is 10.0. The van der Waals surface area contributed by atoms with Gasteiger partial charge in [-0.15, -0.1) is 20.4 Å². The first-order chi connectivity index (χ1) is 51.2. The number of ether oxygens (including phenoxy) is 3. The molecule has 8 aliphatic rings. The Labute approximate surface area is 618 Å². The average molecular weight is 1450 g/mol. The number of carboxylic acid groups (broad SMARTS) is 1. The van der Waals surface area contributed by atoms with E-state index >= 15 is 0 Å². The maximum absolute atomic E-state index is 14.5. The monoisotopic (exact) mass is 1450 g/mol. The highest BCUT2D eigenvalue weighted by atomic mass is 16.6. The van der Waals surface area contributed by atoms with Crippen molar-refractivity contribution in [3.8, 4) is 22.8 Å². The maximum atomic E-state index is 14.5. The maximum Gasteiger partial charge on any atom is 0.408 e. The van der Waals surface area contributed by atoms with E-state index in [4.69, 9.17) is 19.3 Å². The molecule has 106 heavy (non-hydrogen) atoms. The van der Waals surface area contributed by atoms with Crippen molar-refractivity contribution in [2.45, 2.75) is 221 Å². The Morgan fingerprint density at radius 2 is 0.925 bits per heavy atom. The summed E-state index contributed by atoms with van der Waals surface area (Å²) in [5.41, 5.74) is 1.17. The minimum atomic E-state index is -1.41. The summed E-state index contributed by atoms with van der Waals surface area (Å²) >= 11 is 0. The Kier molecular flexibility index (Phi) is 26.6. The molecule has 6 fully saturated rings. The molecule has 27 nitrogen and oxygen atoms in total. The van der Waals surface area contributed by atoms with Gasteiger partial charge < -0.3 is 55.5 Å². The van der Waals surface area contributed by atoms with Crippen molar-refractivity contribution in [2.75, 3.05) is 26.3 Å². The van der Waals surface area contributed by atoms with E-state index in [1.807, 2.05) is 140 Å². The van der Waals surface area contributed by atoms with E-state index in [1.165, 1.54) is 25.0 Å². The molecule has 0 bridgehead atoms. The second kappa shape index (κ2) is 36.7. The number of carboxylic acids is 1. The van der Waals surface area contributed by atoms with Crippen molar-refractivity contribution in [3.05, 3.63) is 157 Å². The molecule has 4 aliphatic heterocycles. The molecule has 27 heteroatoms. The number of carbonyl (C=O) groups is 8. The zero-order valence-corrected chi connectivity index (χ0v) is 59.3. The Hall–Kier alpha value is -10.2. The number of aliphatic carboxylic acids is 1. The van der Waals surface area contributed by atoms with Gasteiger partial charge in [-0.1, -0.05) is 179 Å². The van der Waals surface area contributed by atoms with Gasteiger partial charge in [0.2, 0.25) is 35.3 Å². The van der Waals surface area contributed by atoms with Gasteiger partial charge in [-0.25, -0.2) is 19.2 Å². The molecule has 4 saturated carbocycles. The SMILES string of the molecule is C.O=C(N[C@H]1CCCCC/C=C\C2C[C@@]2(C(=O)O)NC(=O)[C@@H]2C[C@@H](n3nnc(-c4ccccc4)n3)CN2C1=O)OC1CCCC1.O=C(N[C@H]1CCCCC/C=C\C2C[C@@]2(C(=O)OCCc2ccccc2)NC(=O)[C@@H]2C[C@@H](n3nnc(-c4ccccc4)n3)CN2C1=O)OC1CCCC1.OCCc1ccccc1. The molecule has 4 aromatic carbocycles. The van der Waals surface area contributed by atoms with Crippen LogP contribution in [0.2, 0.25) is 0 Å². The molecule has 2 saturated heterocycles. The number of rotatable bonds is 15. The van der Waals surface area contributed by atoms with E-state index in [2.05, 4.69) is 58.2 Å². The number of nitrogens with one attached hydrogen (secondary N) is 4. The number of tetrazole rings is 2. The van der Waals surface area contributed by atoms with Crippen LogP contribution in [0.5, 0.6) is 0 Å². The van der Waals surface area contributed by atoms with E-state index in [1.54, 1.807) is 0 Å². The van der Waals surface area contributed by atoms with Crippen LogP contribution in [-0.4, -0.2) is 182 Å². The Bertz CT molecular complexity index is 3980. The van der Waals surface area contributed by atoms with Crippen molar-refractivity contribution < 1.29 is 62.8 Å². The smallest absolute Gasteiger partial charge is 0.408 e. The van der Waals surface area contributed by atoms with Crippen molar-refractivity contribution >= 4 is 47.8 Å². The minimum absolute atomic E-state index is 0. The lowest BCUT2D eigenvalue weighted by Gasteiger charge is -2.30. The first kappa shape index (κ1) is 76.9. The topological polar surface area (TPSA) is 347 Å². The lowest BCUT2D eigenvalue weighted by molar-refractivity contribution is -0.150. The fourth-order valence-corrected chi connectivity index (χ4v) is 15.1. The second-order valence-electron chi connectivity index (χ2n) is 28.7. The number of amides is 6. The van der Waals surface area contributed by atoms with Crippen LogP contribution in [0.1, 0.15) is 172 Å². The predicted molar refractivity (Wildman–Crippen MR) is 391 cm³/mol. The van der Waals surface area contributed by atoms with Gasteiger partial charge in [-0.05, 0) is 131 Å². The lowest BCUT2D eigenvalue weighted by Crippen LogP contribution is -2.56. The quantitative estimate of drug-likeness (QED) is 0.0316. The van der Waals surface area contributed by atoms with Crippen LogP contribution in [0.4, 0.5) is 9.59 Å². The molecule has 14 rings (SSSR count). The van der Waals surface area contributed by atoms with Gasteiger partial charge in [0.1, 0.15) is 47.5 Å². The summed E-state index contributed by atoms with van der Waals surface area (Å²) in [4.78, 5) is 115. The third-order valence-electron chi connectivity index (χ3n) is 21.3.